The lowest BCUT2D eigenvalue weighted by Gasteiger charge is -2.39. The summed E-state index contributed by atoms with van der Waals surface area (Å²) in [4.78, 5) is 50.1. The summed E-state index contributed by atoms with van der Waals surface area (Å²) in [5.74, 6) is 0.0391. The third-order valence-corrected chi connectivity index (χ3v) is 10.6. The number of phenols is 2. The maximum absolute atomic E-state index is 12.8. The van der Waals surface area contributed by atoms with Crippen LogP contribution in [0.1, 0.15) is 74.9 Å². The molecule has 2 bridgehead atoms. The summed E-state index contributed by atoms with van der Waals surface area (Å²) < 4.78 is 10.5. The third-order valence-electron chi connectivity index (χ3n) is 10.6. The fourth-order valence-electron chi connectivity index (χ4n) is 7.81. The van der Waals surface area contributed by atoms with Crippen molar-refractivity contribution in [3.63, 3.8) is 0 Å². The number of hydrogen-bond donors (Lipinski definition) is 4. The van der Waals surface area contributed by atoms with Crippen LogP contribution in [0.15, 0.2) is 91.0 Å². The number of ether oxygens (including phenoxy) is 2. The van der Waals surface area contributed by atoms with Gasteiger partial charge in [0, 0.05) is 49.1 Å². The molecule has 2 atom stereocenters. The highest BCUT2D eigenvalue weighted by Crippen LogP contribution is 2.40. The number of carbonyl (C=O) groups is 3. The van der Waals surface area contributed by atoms with Gasteiger partial charge in [0.05, 0.1) is 24.1 Å². The number of phenolic OH excluding ortho intramolecular Hbond substituents is 2. The second-order valence-electron chi connectivity index (χ2n) is 14.2. The van der Waals surface area contributed by atoms with Crippen molar-refractivity contribution >= 4 is 29.6 Å². The molecule has 288 valence electrons. The molecule has 2 saturated heterocycles. The molecule has 5 heterocycles. The number of fused-ring (bicyclic) bond motifs is 4. The highest BCUT2D eigenvalue weighted by Gasteiger charge is 2.36. The van der Waals surface area contributed by atoms with Gasteiger partial charge in [-0.3, -0.25) is 4.79 Å². The summed E-state index contributed by atoms with van der Waals surface area (Å²) >= 11 is 0. The third kappa shape index (κ3) is 7.79. The standard InChI is InChI=1S/C26H27N3O5.C17H17N3O2/c1-33-25(31)23-20(14-21(28-24(23)27)19-11-5-6-12-22(19)30)18-10-7-13-29(15-18)26(32)34-16-17-8-3-2-4-9-17;18-16-15-12(10-4-3-7-20(9-10)17(15)22)8-13(19-16)11-5-1-2-6-14(11)21/h2-6,8-9,11-12,14,18,30H,7,10,13,15-16H2,1H3,(H2,27,28);1-2,5-6,8,10,21H,3-4,7,9H2,(H2,18,19). The van der Waals surface area contributed by atoms with Gasteiger partial charge in [-0.1, -0.05) is 54.6 Å². The van der Waals surface area contributed by atoms with Crippen LogP contribution in [0.4, 0.5) is 16.4 Å². The summed E-state index contributed by atoms with van der Waals surface area (Å²) in [6.07, 6.45) is 3.15. The lowest BCUT2D eigenvalue weighted by Crippen LogP contribution is -2.44. The predicted octanol–water partition coefficient (Wildman–Crippen LogP) is 6.71. The van der Waals surface area contributed by atoms with Crippen molar-refractivity contribution in [1.29, 1.82) is 0 Å². The molecular weight excluding hydrogens is 713 g/mol. The number of likely N-dealkylation sites (tertiary alicyclic amines) is 1. The summed E-state index contributed by atoms with van der Waals surface area (Å²) in [7, 11) is 1.29. The zero-order valence-corrected chi connectivity index (χ0v) is 31.1. The first-order valence-corrected chi connectivity index (χ1v) is 18.6. The minimum Gasteiger partial charge on any atom is -0.507 e. The van der Waals surface area contributed by atoms with Crippen LogP contribution in [0.25, 0.3) is 22.5 Å². The summed E-state index contributed by atoms with van der Waals surface area (Å²) in [5, 5.41) is 20.3. The number of anilines is 2. The number of aromatic hydroxyl groups is 2. The van der Waals surface area contributed by atoms with Gasteiger partial charge >= 0.3 is 12.1 Å². The number of piperidine rings is 2. The molecule has 6 N–H and O–H groups in total. The number of carbonyl (C=O) groups excluding carboxylic acids is 3. The van der Waals surface area contributed by atoms with Crippen LogP contribution >= 0.6 is 0 Å². The van der Waals surface area contributed by atoms with E-state index in [1.807, 2.05) is 47.4 Å². The van der Waals surface area contributed by atoms with Gasteiger partial charge in [-0.2, -0.15) is 0 Å². The summed E-state index contributed by atoms with van der Waals surface area (Å²) in [6.45, 7) is 2.67. The Morgan fingerprint density at radius 2 is 1.34 bits per heavy atom. The molecule has 0 spiro atoms. The number of nitrogens with two attached hydrogens (primary N) is 2. The van der Waals surface area contributed by atoms with Crippen molar-refractivity contribution in [3.8, 4) is 34.0 Å². The lowest BCUT2D eigenvalue weighted by atomic mass is 9.83. The van der Waals surface area contributed by atoms with Crippen LogP contribution in [-0.2, 0) is 16.1 Å². The smallest absolute Gasteiger partial charge is 0.410 e. The van der Waals surface area contributed by atoms with Gasteiger partial charge in [0.25, 0.3) is 5.91 Å². The van der Waals surface area contributed by atoms with Gasteiger partial charge in [0.15, 0.2) is 0 Å². The highest BCUT2D eigenvalue weighted by molar-refractivity contribution is 6.02. The summed E-state index contributed by atoms with van der Waals surface area (Å²) in [6, 6.07) is 27.0. The maximum atomic E-state index is 12.8. The average molecular weight is 757 g/mol. The van der Waals surface area contributed by atoms with Crippen molar-refractivity contribution in [2.75, 3.05) is 44.8 Å². The number of aromatic nitrogens is 2. The molecule has 0 radical (unpaired) electrons. The number of nitrogen functional groups attached to an aromatic ring is 2. The molecule has 2 aromatic heterocycles. The number of esters is 1. The van der Waals surface area contributed by atoms with Crippen LogP contribution in [0.3, 0.4) is 0 Å². The van der Waals surface area contributed by atoms with E-state index < -0.39 is 12.1 Å². The molecule has 56 heavy (non-hydrogen) atoms. The number of hydrogen-bond acceptors (Lipinski definition) is 11. The van der Waals surface area contributed by atoms with Crippen molar-refractivity contribution < 1.29 is 34.1 Å². The number of methoxy groups -OCH3 is 1. The van der Waals surface area contributed by atoms with Crippen LogP contribution < -0.4 is 11.5 Å². The molecule has 2 fully saturated rings. The fourth-order valence-corrected chi connectivity index (χ4v) is 7.81. The zero-order valence-electron chi connectivity index (χ0n) is 31.1. The number of para-hydroxylation sites is 2. The summed E-state index contributed by atoms with van der Waals surface area (Å²) in [5.41, 5.74) is 17.8. The number of nitrogens with zero attached hydrogens (tertiary/aromatic N) is 4. The Labute approximate surface area is 324 Å². The van der Waals surface area contributed by atoms with Gasteiger partial charge < -0.3 is 41.0 Å². The average Bonchev–Trinajstić information content (AvgIpc) is 3.22. The monoisotopic (exact) mass is 756 g/mol. The first-order chi connectivity index (χ1) is 27.1. The predicted molar refractivity (Wildman–Crippen MR) is 211 cm³/mol. The van der Waals surface area contributed by atoms with E-state index >= 15 is 0 Å². The molecule has 2 amide bonds. The topological polar surface area (TPSA) is 194 Å². The first kappa shape index (κ1) is 37.7. The van der Waals surface area contributed by atoms with E-state index in [9.17, 15) is 24.6 Å². The second kappa shape index (κ2) is 16.4. The van der Waals surface area contributed by atoms with E-state index in [0.29, 0.717) is 52.6 Å². The van der Waals surface area contributed by atoms with Gasteiger partial charge in [0.2, 0.25) is 0 Å². The molecule has 13 heteroatoms. The molecule has 3 aliphatic heterocycles. The normalized spacial score (nSPS) is 17.3. The van der Waals surface area contributed by atoms with Crippen molar-refractivity contribution in [2.24, 2.45) is 0 Å². The van der Waals surface area contributed by atoms with Gasteiger partial charge in [-0.15, -0.1) is 0 Å². The number of pyridine rings is 2. The minimum atomic E-state index is -0.590. The van der Waals surface area contributed by atoms with Gasteiger partial charge in [-0.05, 0) is 78.8 Å². The second-order valence-corrected chi connectivity index (χ2v) is 14.2. The minimum absolute atomic E-state index is 0.0141. The fraction of sp³-hybridized carbons (Fsp3) is 0.279. The Morgan fingerprint density at radius 1 is 0.768 bits per heavy atom. The lowest BCUT2D eigenvalue weighted by molar-refractivity contribution is 0.0597. The SMILES string of the molecule is COC(=O)c1c(C2CCCN(C(=O)OCc3ccccc3)C2)cc(-c2ccccc2O)nc1N.Nc1nc(-c2ccccc2O)cc2c1C(=O)N1CCCC2C1. The Hall–Kier alpha value is -6.63. The van der Waals surface area contributed by atoms with E-state index in [-0.39, 0.29) is 47.1 Å². The number of amides is 2. The number of rotatable bonds is 6. The molecule has 8 rings (SSSR count). The Kier molecular flexibility index (Phi) is 11.0. The molecular formula is C43H44N6O7. The van der Waals surface area contributed by atoms with E-state index in [1.54, 1.807) is 53.4 Å². The van der Waals surface area contributed by atoms with Crippen LogP contribution in [0.2, 0.25) is 0 Å². The quantitative estimate of drug-likeness (QED) is 0.135. The van der Waals surface area contributed by atoms with Gasteiger partial charge in [-0.25, -0.2) is 19.6 Å². The molecule has 13 nitrogen and oxygen atoms in total. The van der Waals surface area contributed by atoms with E-state index in [0.717, 1.165) is 49.9 Å². The first-order valence-electron chi connectivity index (χ1n) is 18.6. The zero-order chi connectivity index (χ0) is 39.3. The van der Waals surface area contributed by atoms with Crippen molar-refractivity contribution in [1.82, 2.24) is 19.8 Å². The highest BCUT2D eigenvalue weighted by atomic mass is 16.6. The Morgan fingerprint density at radius 3 is 1.98 bits per heavy atom. The van der Waals surface area contributed by atoms with Crippen LogP contribution in [0, 0.1) is 0 Å². The van der Waals surface area contributed by atoms with E-state index in [2.05, 4.69) is 9.97 Å². The van der Waals surface area contributed by atoms with Crippen molar-refractivity contribution in [2.45, 2.75) is 44.1 Å². The molecule has 0 aliphatic carbocycles. The largest absolute Gasteiger partial charge is 0.507 e. The molecule has 3 aliphatic rings. The molecule has 3 aromatic carbocycles. The van der Waals surface area contributed by atoms with E-state index in [4.69, 9.17) is 20.9 Å². The molecule has 2 unspecified atom stereocenters. The van der Waals surface area contributed by atoms with Crippen molar-refractivity contribution in [3.05, 3.63) is 119 Å². The Bertz CT molecular complexity index is 2270. The Balaban J connectivity index is 0.000000187. The van der Waals surface area contributed by atoms with E-state index in [1.165, 1.54) is 7.11 Å². The van der Waals surface area contributed by atoms with Crippen LogP contribution in [-0.4, -0.2) is 81.2 Å². The molecule has 5 aromatic rings. The maximum Gasteiger partial charge on any atom is 0.410 e. The van der Waals surface area contributed by atoms with Gasteiger partial charge in [0.1, 0.15) is 35.3 Å². The molecule has 0 saturated carbocycles. The number of benzene rings is 3. The van der Waals surface area contributed by atoms with Crippen LogP contribution in [0.5, 0.6) is 11.5 Å².